The van der Waals surface area contributed by atoms with Crippen molar-refractivity contribution < 1.29 is 14.2 Å². The molecule has 4 nitrogen and oxygen atoms in total. The molecule has 0 radical (unpaired) electrons. The molecule has 0 saturated heterocycles. The minimum absolute atomic E-state index is 0.340. The summed E-state index contributed by atoms with van der Waals surface area (Å²) in [4.78, 5) is 3.45. The van der Waals surface area contributed by atoms with Crippen molar-refractivity contribution in [3.8, 4) is 5.75 Å². The Bertz CT molecular complexity index is 380. The number of hydrogen-bond donors (Lipinski definition) is 0. The fourth-order valence-corrected chi connectivity index (χ4v) is 1.40. The second kappa shape index (κ2) is 6.11. The number of hydrogen-bond acceptors (Lipinski definition) is 3. The molecule has 0 unspecified atom stereocenters. The molecule has 0 bridgehead atoms. The van der Waals surface area contributed by atoms with Gasteiger partial charge < -0.3 is 14.2 Å². The van der Waals surface area contributed by atoms with E-state index in [1.807, 2.05) is 6.07 Å². The van der Waals surface area contributed by atoms with Gasteiger partial charge in [0.25, 0.3) is 0 Å². The molecular weight excluding hydrogens is 206 g/mol. The van der Waals surface area contributed by atoms with Gasteiger partial charge in [-0.2, -0.15) is 0 Å². The standard InChI is InChI=1S/C12H15NO3/c1-13-11-6-5-10(14-2)7-9(11)8-12(15-3)16-4/h5-7,12H,8H2,2-4H3. The molecule has 0 N–H and O–H groups in total. The Labute approximate surface area is 95.6 Å². The first-order valence-corrected chi connectivity index (χ1v) is 4.85. The van der Waals surface area contributed by atoms with Crippen LogP contribution in [0.15, 0.2) is 18.2 Å². The lowest BCUT2D eigenvalue weighted by Gasteiger charge is -2.14. The minimum atomic E-state index is -0.340. The molecule has 16 heavy (non-hydrogen) atoms. The van der Waals surface area contributed by atoms with Gasteiger partial charge in [0.1, 0.15) is 5.75 Å². The second-order valence-electron chi connectivity index (χ2n) is 3.21. The zero-order valence-corrected chi connectivity index (χ0v) is 9.69. The van der Waals surface area contributed by atoms with Crippen molar-refractivity contribution in [1.82, 2.24) is 0 Å². The van der Waals surface area contributed by atoms with Gasteiger partial charge in [-0.3, -0.25) is 0 Å². The molecule has 1 aromatic carbocycles. The summed E-state index contributed by atoms with van der Waals surface area (Å²) < 4.78 is 15.3. The predicted molar refractivity (Wildman–Crippen MR) is 60.8 cm³/mol. The van der Waals surface area contributed by atoms with Crippen molar-refractivity contribution in [2.24, 2.45) is 0 Å². The normalized spacial score (nSPS) is 10.2. The monoisotopic (exact) mass is 221 g/mol. The molecule has 0 atom stereocenters. The number of ether oxygens (including phenoxy) is 3. The molecule has 86 valence electrons. The van der Waals surface area contributed by atoms with Gasteiger partial charge in [0.15, 0.2) is 12.0 Å². The molecule has 0 aliphatic rings. The summed E-state index contributed by atoms with van der Waals surface area (Å²) in [5.74, 6) is 0.730. The maximum atomic E-state index is 7.07. The van der Waals surface area contributed by atoms with Gasteiger partial charge in [0, 0.05) is 20.6 Å². The zero-order chi connectivity index (χ0) is 12.0. The summed E-state index contributed by atoms with van der Waals surface area (Å²) in [6.07, 6.45) is 0.189. The third kappa shape index (κ3) is 2.96. The van der Waals surface area contributed by atoms with Crippen molar-refractivity contribution in [1.29, 1.82) is 0 Å². The average Bonchev–Trinajstić information content (AvgIpc) is 2.35. The maximum Gasteiger partial charge on any atom is 0.190 e. The van der Waals surface area contributed by atoms with Crippen molar-refractivity contribution in [2.75, 3.05) is 21.3 Å². The van der Waals surface area contributed by atoms with Gasteiger partial charge in [0.05, 0.1) is 13.7 Å². The first-order valence-electron chi connectivity index (χ1n) is 4.85. The van der Waals surface area contributed by atoms with Gasteiger partial charge in [-0.15, -0.1) is 0 Å². The lowest BCUT2D eigenvalue weighted by Crippen LogP contribution is -2.16. The number of benzene rings is 1. The van der Waals surface area contributed by atoms with E-state index in [0.29, 0.717) is 12.1 Å². The first-order chi connectivity index (χ1) is 7.74. The SMILES string of the molecule is [C-]#[N+]c1ccc(OC)cc1CC(OC)OC. The van der Waals surface area contributed by atoms with Gasteiger partial charge in [-0.1, -0.05) is 6.07 Å². The van der Waals surface area contributed by atoms with Gasteiger partial charge in [-0.05, 0) is 17.7 Å². The van der Waals surface area contributed by atoms with E-state index in [2.05, 4.69) is 4.85 Å². The fourth-order valence-electron chi connectivity index (χ4n) is 1.40. The Morgan fingerprint density at radius 3 is 2.44 bits per heavy atom. The molecule has 0 spiro atoms. The number of nitrogens with zero attached hydrogens (tertiary/aromatic N) is 1. The highest BCUT2D eigenvalue weighted by molar-refractivity contribution is 5.55. The highest BCUT2D eigenvalue weighted by Gasteiger charge is 2.11. The minimum Gasteiger partial charge on any atom is -0.497 e. The average molecular weight is 221 g/mol. The third-order valence-corrected chi connectivity index (χ3v) is 2.32. The van der Waals surface area contributed by atoms with Crippen molar-refractivity contribution in [2.45, 2.75) is 12.7 Å². The van der Waals surface area contributed by atoms with Gasteiger partial charge in [0.2, 0.25) is 0 Å². The van der Waals surface area contributed by atoms with E-state index in [1.165, 1.54) is 0 Å². The van der Waals surface area contributed by atoms with Gasteiger partial charge >= 0.3 is 0 Å². The van der Waals surface area contributed by atoms with Crippen LogP contribution in [0.25, 0.3) is 4.85 Å². The van der Waals surface area contributed by atoms with Crippen LogP contribution >= 0.6 is 0 Å². The topological polar surface area (TPSA) is 32.0 Å². The number of rotatable bonds is 5. The Morgan fingerprint density at radius 2 is 1.94 bits per heavy atom. The van der Waals surface area contributed by atoms with Crippen LogP contribution in [0, 0.1) is 6.57 Å². The van der Waals surface area contributed by atoms with Crippen LogP contribution in [-0.2, 0) is 15.9 Å². The quantitative estimate of drug-likeness (QED) is 0.565. The van der Waals surface area contributed by atoms with Crippen LogP contribution in [-0.4, -0.2) is 27.6 Å². The number of methoxy groups -OCH3 is 3. The Hall–Kier alpha value is -1.57. The van der Waals surface area contributed by atoms with Crippen molar-refractivity contribution >= 4 is 5.69 Å². The molecule has 0 aliphatic heterocycles. The summed E-state index contributed by atoms with van der Waals surface area (Å²) in [5.41, 5.74) is 1.46. The van der Waals surface area contributed by atoms with Crippen LogP contribution in [0.1, 0.15) is 5.56 Å². The molecule has 1 aromatic rings. The highest BCUT2D eigenvalue weighted by Crippen LogP contribution is 2.26. The molecule has 0 heterocycles. The maximum absolute atomic E-state index is 7.07. The molecule has 4 heteroatoms. The molecule has 0 fully saturated rings. The van der Waals surface area contributed by atoms with E-state index in [-0.39, 0.29) is 6.29 Å². The lowest BCUT2D eigenvalue weighted by atomic mass is 10.1. The molecule has 0 amide bonds. The zero-order valence-electron chi connectivity index (χ0n) is 9.69. The summed E-state index contributed by atoms with van der Waals surface area (Å²) in [6, 6.07) is 5.34. The Kier molecular flexibility index (Phi) is 4.77. The van der Waals surface area contributed by atoms with Crippen LogP contribution < -0.4 is 4.74 Å². The summed E-state index contributed by atoms with van der Waals surface area (Å²) in [5, 5.41) is 0. The van der Waals surface area contributed by atoms with Crippen LogP contribution in [0.5, 0.6) is 5.75 Å². The molecule has 0 aliphatic carbocycles. The van der Waals surface area contributed by atoms with E-state index in [0.717, 1.165) is 11.3 Å². The summed E-state index contributed by atoms with van der Waals surface area (Å²) >= 11 is 0. The smallest absolute Gasteiger partial charge is 0.190 e. The highest BCUT2D eigenvalue weighted by atomic mass is 16.7. The van der Waals surface area contributed by atoms with Crippen LogP contribution in [0.2, 0.25) is 0 Å². The molecule has 0 saturated carbocycles. The van der Waals surface area contributed by atoms with Crippen LogP contribution in [0.4, 0.5) is 5.69 Å². The predicted octanol–water partition coefficient (Wildman–Crippen LogP) is 2.41. The van der Waals surface area contributed by atoms with Gasteiger partial charge in [-0.25, -0.2) is 4.85 Å². The largest absolute Gasteiger partial charge is 0.497 e. The van der Waals surface area contributed by atoms with E-state index in [9.17, 15) is 0 Å². The van der Waals surface area contributed by atoms with E-state index >= 15 is 0 Å². The summed E-state index contributed by atoms with van der Waals surface area (Å²) in [6.45, 7) is 7.07. The van der Waals surface area contributed by atoms with Crippen molar-refractivity contribution in [3.05, 3.63) is 35.2 Å². The lowest BCUT2D eigenvalue weighted by molar-refractivity contribution is -0.100. The summed E-state index contributed by atoms with van der Waals surface area (Å²) in [7, 11) is 4.75. The molecule has 1 rings (SSSR count). The van der Waals surface area contributed by atoms with E-state index in [1.54, 1.807) is 33.5 Å². The first kappa shape index (κ1) is 12.5. The second-order valence-corrected chi connectivity index (χ2v) is 3.21. The van der Waals surface area contributed by atoms with E-state index in [4.69, 9.17) is 20.8 Å². The van der Waals surface area contributed by atoms with Crippen molar-refractivity contribution in [3.63, 3.8) is 0 Å². The third-order valence-electron chi connectivity index (χ3n) is 2.32. The molecule has 0 aromatic heterocycles. The fraction of sp³-hybridized carbons (Fsp3) is 0.417. The van der Waals surface area contributed by atoms with Crippen LogP contribution in [0.3, 0.4) is 0 Å². The Morgan fingerprint density at radius 1 is 1.25 bits per heavy atom. The van der Waals surface area contributed by atoms with E-state index < -0.39 is 0 Å². The molecular formula is C12H15NO3. The Balaban J connectivity index is 2.96.